The predicted octanol–water partition coefficient (Wildman–Crippen LogP) is 3.63. The standard InChI is InChI=1S/C17H18FNO2/c1-12-5-4-6-15(11-12)19-17(2,16(20)21-3)13-7-9-14(18)10-8-13/h4-11,19H,1-3H3. The van der Waals surface area contributed by atoms with Gasteiger partial charge in [-0.25, -0.2) is 9.18 Å². The second-order valence-corrected chi connectivity index (χ2v) is 5.12. The number of esters is 1. The fourth-order valence-corrected chi connectivity index (χ4v) is 2.24. The van der Waals surface area contributed by atoms with Crippen molar-refractivity contribution >= 4 is 11.7 Å². The third kappa shape index (κ3) is 3.21. The van der Waals surface area contributed by atoms with Crippen LogP contribution in [0.1, 0.15) is 18.1 Å². The summed E-state index contributed by atoms with van der Waals surface area (Å²) < 4.78 is 18.0. The molecule has 0 heterocycles. The van der Waals surface area contributed by atoms with E-state index in [4.69, 9.17) is 4.74 Å². The van der Waals surface area contributed by atoms with E-state index in [1.54, 1.807) is 19.1 Å². The van der Waals surface area contributed by atoms with Crippen LogP contribution in [0.2, 0.25) is 0 Å². The maximum Gasteiger partial charge on any atom is 0.335 e. The molecule has 0 aliphatic carbocycles. The van der Waals surface area contributed by atoms with Crippen molar-refractivity contribution in [3.8, 4) is 0 Å². The molecule has 0 saturated heterocycles. The van der Waals surface area contributed by atoms with Crippen molar-refractivity contribution in [2.24, 2.45) is 0 Å². The summed E-state index contributed by atoms with van der Waals surface area (Å²) in [5.41, 5.74) is 1.42. The Bertz CT molecular complexity index is 639. The van der Waals surface area contributed by atoms with Crippen LogP contribution in [0.15, 0.2) is 48.5 Å². The van der Waals surface area contributed by atoms with Gasteiger partial charge in [-0.2, -0.15) is 0 Å². The Labute approximate surface area is 123 Å². The molecule has 4 heteroatoms. The number of benzene rings is 2. The van der Waals surface area contributed by atoms with Gasteiger partial charge in [0.15, 0.2) is 5.54 Å². The molecule has 0 aliphatic heterocycles. The van der Waals surface area contributed by atoms with Gasteiger partial charge in [-0.15, -0.1) is 0 Å². The number of nitrogens with one attached hydrogen (secondary N) is 1. The highest BCUT2D eigenvalue weighted by molar-refractivity contribution is 5.85. The van der Waals surface area contributed by atoms with E-state index in [0.717, 1.165) is 11.3 Å². The van der Waals surface area contributed by atoms with Crippen LogP contribution in [0.5, 0.6) is 0 Å². The van der Waals surface area contributed by atoms with Gasteiger partial charge < -0.3 is 10.1 Å². The lowest BCUT2D eigenvalue weighted by Crippen LogP contribution is -2.41. The Hall–Kier alpha value is -2.36. The monoisotopic (exact) mass is 287 g/mol. The van der Waals surface area contributed by atoms with E-state index in [1.165, 1.54) is 19.2 Å². The molecule has 110 valence electrons. The van der Waals surface area contributed by atoms with Gasteiger partial charge >= 0.3 is 5.97 Å². The van der Waals surface area contributed by atoms with Crippen molar-refractivity contribution in [1.82, 2.24) is 0 Å². The molecule has 0 aliphatic rings. The lowest BCUT2D eigenvalue weighted by atomic mass is 9.91. The quantitative estimate of drug-likeness (QED) is 0.873. The minimum absolute atomic E-state index is 0.346. The zero-order valence-corrected chi connectivity index (χ0v) is 12.3. The van der Waals surface area contributed by atoms with E-state index in [-0.39, 0.29) is 5.82 Å². The van der Waals surface area contributed by atoms with Crippen LogP contribution in [0.3, 0.4) is 0 Å². The molecular formula is C17H18FNO2. The van der Waals surface area contributed by atoms with E-state index >= 15 is 0 Å². The van der Waals surface area contributed by atoms with Gasteiger partial charge in [-0.3, -0.25) is 0 Å². The van der Waals surface area contributed by atoms with Crippen LogP contribution < -0.4 is 5.32 Å². The molecule has 2 aromatic carbocycles. The summed E-state index contributed by atoms with van der Waals surface area (Å²) >= 11 is 0. The zero-order valence-electron chi connectivity index (χ0n) is 12.3. The number of aryl methyl sites for hydroxylation is 1. The van der Waals surface area contributed by atoms with Crippen molar-refractivity contribution in [2.75, 3.05) is 12.4 Å². The van der Waals surface area contributed by atoms with Gasteiger partial charge in [0, 0.05) is 5.69 Å². The first kappa shape index (κ1) is 15.0. The molecule has 2 aromatic rings. The Morgan fingerprint density at radius 1 is 1.19 bits per heavy atom. The highest BCUT2D eigenvalue weighted by atomic mass is 19.1. The van der Waals surface area contributed by atoms with E-state index in [2.05, 4.69) is 5.32 Å². The number of halogens is 1. The molecule has 0 radical (unpaired) electrons. The third-order valence-corrected chi connectivity index (χ3v) is 3.43. The number of carbonyl (C=O) groups is 1. The normalized spacial score (nSPS) is 13.3. The number of methoxy groups -OCH3 is 1. The molecule has 0 fully saturated rings. The van der Waals surface area contributed by atoms with Crippen molar-refractivity contribution in [3.63, 3.8) is 0 Å². The first-order valence-corrected chi connectivity index (χ1v) is 6.65. The first-order chi connectivity index (χ1) is 9.95. The summed E-state index contributed by atoms with van der Waals surface area (Å²) in [6.07, 6.45) is 0. The van der Waals surface area contributed by atoms with Gasteiger partial charge in [-0.05, 0) is 49.2 Å². The van der Waals surface area contributed by atoms with Crippen LogP contribution in [0.25, 0.3) is 0 Å². The summed E-state index contributed by atoms with van der Waals surface area (Å²) in [5, 5.41) is 3.19. The molecule has 0 bridgehead atoms. The van der Waals surface area contributed by atoms with Crippen molar-refractivity contribution in [2.45, 2.75) is 19.4 Å². The summed E-state index contributed by atoms with van der Waals surface area (Å²) in [5.74, 6) is -0.780. The molecule has 1 atom stereocenters. The van der Waals surface area contributed by atoms with Crippen LogP contribution >= 0.6 is 0 Å². The largest absolute Gasteiger partial charge is 0.467 e. The Morgan fingerprint density at radius 2 is 1.86 bits per heavy atom. The molecule has 21 heavy (non-hydrogen) atoms. The lowest BCUT2D eigenvalue weighted by Gasteiger charge is -2.29. The molecule has 1 N–H and O–H groups in total. The molecule has 0 saturated carbocycles. The smallest absolute Gasteiger partial charge is 0.335 e. The maximum atomic E-state index is 13.1. The van der Waals surface area contributed by atoms with Crippen LogP contribution in [-0.2, 0) is 15.1 Å². The van der Waals surface area contributed by atoms with Crippen molar-refractivity contribution < 1.29 is 13.9 Å². The summed E-state index contributed by atoms with van der Waals surface area (Å²) in [6, 6.07) is 13.5. The highest BCUT2D eigenvalue weighted by Crippen LogP contribution is 2.28. The van der Waals surface area contributed by atoms with Gasteiger partial charge in [0.2, 0.25) is 0 Å². The van der Waals surface area contributed by atoms with Crippen molar-refractivity contribution in [3.05, 3.63) is 65.5 Å². The van der Waals surface area contributed by atoms with Gasteiger partial charge in [-0.1, -0.05) is 24.3 Å². The number of anilines is 1. The minimum atomic E-state index is -1.09. The molecule has 0 amide bonds. The van der Waals surface area contributed by atoms with Gasteiger partial charge in [0.05, 0.1) is 7.11 Å². The number of carbonyl (C=O) groups excluding carboxylic acids is 1. The lowest BCUT2D eigenvalue weighted by molar-refractivity contribution is -0.145. The topological polar surface area (TPSA) is 38.3 Å². The molecule has 0 aromatic heterocycles. The molecule has 3 nitrogen and oxygen atoms in total. The second kappa shape index (κ2) is 5.95. The fraction of sp³-hybridized carbons (Fsp3) is 0.235. The van der Waals surface area contributed by atoms with Gasteiger partial charge in [0.25, 0.3) is 0 Å². The Balaban J connectivity index is 2.42. The van der Waals surface area contributed by atoms with E-state index in [1.807, 2.05) is 31.2 Å². The summed E-state index contributed by atoms with van der Waals surface area (Å²) in [4.78, 5) is 12.2. The number of hydrogen-bond donors (Lipinski definition) is 1. The van der Waals surface area contributed by atoms with E-state index < -0.39 is 11.5 Å². The molecule has 1 unspecified atom stereocenters. The third-order valence-electron chi connectivity index (χ3n) is 3.43. The SMILES string of the molecule is COC(=O)C(C)(Nc1cccc(C)c1)c1ccc(F)cc1. The van der Waals surface area contributed by atoms with Crippen molar-refractivity contribution in [1.29, 1.82) is 0 Å². The fourth-order valence-electron chi connectivity index (χ4n) is 2.24. The van der Waals surface area contributed by atoms with Crippen LogP contribution in [0.4, 0.5) is 10.1 Å². The summed E-state index contributed by atoms with van der Waals surface area (Å²) in [7, 11) is 1.34. The maximum absolute atomic E-state index is 13.1. The Kier molecular flexibility index (Phi) is 4.26. The summed E-state index contributed by atoms with van der Waals surface area (Å²) in [6.45, 7) is 3.69. The number of ether oxygens (including phenoxy) is 1. The molecule has 2 rings (SSSR count). The molecule has 0 spiro atoms. The zero-order chi connectivity index (χ0) is 15.5. The average molecular weight is 287 g/mol. The van der Waals surface area contributed by atoms with Crippen LogP contribution in [-0.4, -0.2) is 13.1 Å². The van der Waals surface area contributed by atoms with E-state index in [9.17, 15) is 9.18 Å². The highest BCUT2D eigenvalue weighted by Gasteiger charge is 2.36. The van der Waals surface area contributed by atoms with Crippen LogP contribution in [0, 0.1) is 12.7 Å². The first-order valence-electron chi connectivity index (χ1n) is 6.65. The molecular weight excluding hydrogens is 269 g/mol. The van der Waals surface area contributed by atoms with E-state index in [0.29, 0.717) is 5.56 Å². The predicted molar refractivity (Wildman–Crippen MR) is 80.6 cm³/mol. The Morgan fingerprint density at radius 3 is 2.43 bits per heavy atom. The number of rotatable bonds is 4. The van der Waals surface area contributed by atoms with Gasteiger partial charge in [0.1, 0.15) is 5.82 Å². The minimum Gasteiger partial charge on any atom is -0.467 e. The average Bonchev–Trinajstić information content (AvgIpc) is 2.46. The number of hydrogen-bond acceptors (Lipinski definition) is 3. The second-order valence-electron chi connectivity index (χ2n) is 5.12.